The fourth-order valence-corrected chi connectivity index (χ4v) is 4.33. The summed E-state index contributed by atoms with van der Waals surface area (Å²) in [6.45, 7) is 7.28. The van der Waals surface area contributed by atoms with E-state index in [4.69, 9.17) is 4.74 Å². The number of urea groups is 1. The van der Waals surface area contributed by atoms with Crippen molar-refractivity contribution in [2.75, 3.05) is 33.3 Å². The van der Waals surface area contributed by atoms with Gasteiger partial charge >= 0.3 is 6.03 Å². The molecule has 1 N–H and O–H groups in total. The highest BCUT2D eigenvalue weighted by Crippen LogP contribution is 2.26. The van der Waals surface area contributed by atoms with Gasteiger partial charge in [-0.25, -0.2) is 13.2 Å². The minimum absolute atomic E-state index is 0.157. The molecule has 1 heterocycles. The normalized spacial score (nSPS) is 17.0. The molecule has 0 bridgehead atoms. The molecule has 7 nitrogen and oxygen atoms in total. The van der Waals surface area contributed by atoms with Crippen LogP contribution >= 0.6 is 0 Å². The molecule has 1 fully saturated rings. The number of nitrogens with zero attached hydrogens (tertiary/aromatic N) is 2. The molecule has 140 valence electrons. The Balaban J connectivity index is 2.13. The molecule has 1 aliphatic heterocycles. The van der Waals surface area contributed by atoms with Gasteiger partial charge in [-0.15, -0.1) is 0 Å². The van der Waals surface area contributed by atoms with E-state index >= 15 is 0 Å². The molecular formula is C17H27N3O4S. The van der Waals surface area contributed by atoms with Gasteiger partial charge < -0.3 is 15.0 Å². The molecule has 1 aliphatic rings. The van der Waals surface area contributed by atoms with Gasteiger partial charge in [0, 0.05) is 31.7 Å². The Morgan fingerprint density at radius 3 is 2.44 bits per heavy atom. The van der Waals surface area contributed by atoms with Crippen LogP contribution in [0.5, 0.6) is 5.75 Å². The number of methoxy groups -OCH3 is 1. The van der Waals surface area contributed by atoms with Crippen LogP contribution in [0.1, 0.15) is 27.2 Å². The van der Waals surface area contributed by atoms with Gasteiger partial charge in [-0.1, -0.05) is 12.1 Å². The summed E-state index contributed by atoms with van der Waals surface area (Å²) in [5, 5.41) is 2.92. The highest BCUT2D eigenvalue weighted by Gasteiger charge is 2.30. The number of benzene rings is 1. The molecule has 0 radical (unpaired) electrons. The molecule has 0 spiro atoms. The number of sulfonamides is 1. The lowest BCUT2D eigenvalue weighted by molar-refractivity contribution is 0.191. The van der Waals surface area contributed by atoms with Gasteiger partial charge in [-0.05, 0) is 39.3 Å². The predicted molar refractivity (Wildman–Crippen MR) is 96.2 cm³/mol. The van der Waals surface area contributed by atoms with Gasteiger partial charge in [-0.2, -0.15) is 4.31 Å². The molecule has 0 saturated carbocycles. The average Bonchev–Trinajstić information content (AvgIpc) is 2.80. The smallest absolute Gasteiger partial charge is 0.317 e. The topological polar surface area (TPSA) is 79.0 Å². The van der Waals surface area contributed by atoms with Crippen LogP contribution in [-0.2, 0) is 10.0 Å². The molecule has 2 amide bonds. The minimum atomic E-state index is -3.66. The van der Waals surface area contributed by atoms with Crippen LogP contribution in [0.25, 0.3) is 0 Å². The molecule has 0 unspecified atom stereocenters. The number of carbonyl (C=O) groups is 1. The van der Waals surface area contributed by atoms with E-state index in [1.807, 2.05) is 20.8 Å². The summed E-state index contributed by atoms with van der Waals surface area (Å²) in [5.41, 5.74) is -0.327. The van der Waals surface area contributed by atoms with Crippen molar-refractivity contribution in [2.45, 2.75) is 37.6 Å². The Morgan fingerprint density at radius 2 is 1.80 bits per heavy atom. The van der Waals surface area contributed by atoms with E-state index in [1.165, 1.54) is 11.4 Å². The third-order valence-corrected chi connectivity index (χ3v) is 5.85. The van der Waals surface area contributed by atoms with Crippen molar-refractivity contribution >= 4 is 16.1 Å². The lowest BCUT2D eigenvalue weighted by Gasteiger charge is -2.27. The maximum absolute atomic E-state index is 13.0. The summed E-state index contributed by atoms with van der Waals surface area (Å²) in [4.78, 5) is 14.1. The van der Waals surface area contributed by atoms with Gasteiger partial charge in [0.1, 0.15) is 10.6 Å². The highest BCUT2D eigenvalue weighted by molar-refractivity contribution is 7.89. The molecule has 1 aromatic carbocycles. The Hall–Kier alpha value is -1.80. The molecule has 1 aromatic rings. The van der Waals surface area contributed by atoms with E-state index in [9.17, 15) is 13.2 Å². The zero-order chi connectivity index (χ0) is 18.7. The van der Waals surface area contributed by atoms with Gasteiger partial charge in [0.2, 0.25) is 10.0 Å². The van der Waals surface area contributed by atoms with Crippen molar-refractivity contribution in [1.82, 2.24) is 14.5 Å². The summed E-state index contributed by atoms with van der Waals surface area (Å²) >= 11 is 0. The van der Waals surface area contributed by atoms with Crippen LogP contribution in [0.2, 0.25) is 0 Å². The highest BCUT2D eigenvalue weighted by atomic mass is 32.2. The van der Waals surface area contributed by atoms with E-state index in [-0.39, 0.29) is 23.0 Å². The monoisotopic (exact) mass is 369 g/mol. The average molecular weight is 369 g/mol. The lowest BCUT2D eigenvalue weighted by Crippen LogP contribution is -2.49. The number of amides is 2. The maximum Gasteiger partial charge on any atom is 0.317 e. The number of para-hydroxylation sites is 1. The van der Waals surface area contributed by atoms with Crippen molar-refractivity contribution in [3.05, 3.63) is 24.3 Å². The second-order valence-corrected chi connectivity index (χ2v) is 8.98. The fraction of sp³-hybridized carbons (Fsp3) is 0.588. The van der Waals surface area contributed by atoms with E-state index in [0.29, 0.717) is 31.8 Å². The molecule has 0 atom stereocenters. The number of nitrogens with one attached hydrogen (secondary N) is 1. The number of hydrogen-bond acceptors (Lipinski definition) is 4. The summed E-state index contributed by atoms with van der Waals surface area (Å²) in [6, 6.07) is 6.43. The first-order valence-corrected chi connectivity index (χ1v) is 9.79. The maximum atomic E-state index is 13.0. The minimum Gasteiger partial charge on any atom is -0.495 e. The SMILES string of the molecule is COc1ccccc1S(=O)(=O)N1CCCN(C(=O)NC(C)(C)C)CC1. The van der Waals surface area contributed by atoms with Gasteiger partial charge in [0.25, 0.3) is 0 Å². The molecule has 2 rings (SSSR count). The first-order chi connectivity index (χ1) is 11.6. The first-order valence-electron chi connectivity index (χ1n) is 8.35. The van der Waals surface area contributed by atoms with Crippen LogP contribution in [0.3, 0.4) is 0 Å². The summed E-state index contributed by atoms with van der Waals surface area (Å²) in [7, 11) is -2.21. The second kappa shape index (κ2) is 7.61. The van der Waals surface area contributed by atoms with Crippen molar-refractivity contribution < 1.29 is 17.9 Å². The Kier molecular flexibility index (Phi) is 5.95. The Morgan fingerprint density at radius 1 is 1.12 bits per heavy atom. The van der Waals surface area contributed by atoms with Crippen LogP contribution in [0, 0.1) is 0 Å². The zero-order valence-corrected chi connectivity index (χ0v) is 16.1. The van der Waals surface area contributed by atoms with Crippen LogP contribution in [0.4, 0.5) is 4.79 Å². The van der Waals surface area contributed by atoms with Crippen molar-refractivity contribution in [2.24, 2.45) is 0 Å². The first kappa shape index (κ1) is 19.5. The summed E-state index contributed by atoms with van der Waals surface area (Å²) in [6.07, 6.45) is 0.589. The van der Waals surface area contributed by atoms with E-state index < -0.39 is 10.0 Å². The molecule has 0 aromatic heterocycles. The zero-order valence-electron chi connectivity index (χ0n) is 15.3. The Bertz CT molecular complexity index is 713. The third kappa shape index (κ3) is 4.85. The standard InChI is InChI=1S/C17H27N3O4S/c1-17(2,3)18-16(21)19-10-7-11-20(13-12-19)25(22,23)15-9-6-5-8-14(15)24-4/h5-6,8-9H,7,10-13H2,1-4H3,(H,18,21). The molecule has 0 aliphatic carbocycles. The predicted octanol–water partition coefficient (Wildman–Crippen LogP) is 1.90. The molecule has 1 saturated heterocycles. The molecule has 25 heavy (non-hydrogen) atoms. The number of ether oxygens (including phenoxy) is 1. The van der Waals surface area contributed by atoms with Gasteiger partial charge in [0.05, 0.1) is 7.11 Å². The second-order valence-electron chi connectivity index (χ2n) is 7.08. The van der Waals surface area contributed by atoms with Crippen LogP contribution in [-0.4, -0.2) is 62.5 Å². The Labute approximate surface area is 150 Å². The quantitative estimate of drug-likeness (QED) is 0.883. The third-order valence-electron chi connectivity index (χ3n) is 3.91. The van der Waals surface area contributed by atoms with E-state index in [2.05, 4.69) is 5.32 Å². The van der Waals surface area contributed by atoms with Gasteiger partial charge in [0.15, 0.2) is 0 Å². The van der Waals surface area contributed by atoms with Crippen molar-refractivity contribution in [3.63, 3.8) is 0 Å². The summed E-state index contributed by atoms with van der Waals surface area (Å²) in [5.74, 6) is 0.328. The number of carbonyl (C=O) groups excluding carboxylic acids is 1. The largest absolute Gasteiger partial charge is 0.495 e. The molecule has 8 heteroatoms. The van der Waals surface area contributed by atoms with Crippen molar-refractivity contribution in [1.29, 1.82) is 0 Å². The van der Waals surface area contributed by atoms with Crippen LogP contribution < -0.4 is 10.1 Å². The van der Waals surface area contributed by atoms with Gasteiger partial charge in [-0.3, -0.25) is 0 Å². The van der Waals surface area contributed by atoms with Crippen LogP contribution in [0.15, 0.2) is 29.2 Å². The van der Waals surface area contributed by atoms with Crippen molar-refractivity contribution in [3.8, 4) is 5.75 Å². The van der Waals surface area contributed by atoms with E-state index in [0.717, 1.165) is 0 Å². The summed E-state index contributed by atoms with van der Waals surface area (Å²) < 4.78 is 32.5. The number of hydrogen-bond donors (Lipinski definition) is 1. The lowest BCUT2D eigenvalue weighted by atomic mass is 10.1. The molecular weight excluding hydrogens is 342 g/mol. The number of rotatable bonds is 3. The van der Waals surface area contributed by atoms with E-state index in [1.54, 1.807) is 29.2 Å². The fourth-order valence-electron chi connectivity index (χ4n) is 2.71.